The van der Waals surface area contributed by atoms with Crippen LogP contribution in [0.4, 0.5) is 5.69 Å². The molecule has 50 valence electrons. The largest absolute Gasteiger partial charge is 0.508 e. The lowest BCUT2D eigenvalue weighted by Gasteiger charge is -1.89. The standard InChI is InChI=1S/C8H7NO/c1-2-9-7-3-5-8(10)6-4-7/h3-6,10H,1H2. The maximum Gasteiger partial charge on any atom is 0.115 e. The molecule has 0 amide bonds. The van der Waals surface area contributed by atoms with Crippen molar-refractivity contribution in [2.75, 3.05) is 0 Å². The summed E-state index contributed by atoms with van der Waals surface area (Å²) in [7, 11) is 0. The first kappa shape index (κ1) is 6.59. The Morgan fingerprint density at radius 2 is 1.90 bits per heavy atom. The number of nitrogens with zero attached hydrogens (tertiary/aromatic N) is 1. The summed E-state index contributed by atoms with van der Waals surface area (Å²) in [6, 6.07) is 6.51. The zero-order valence-corrected chi connectivity index (χ0v) is 5.41. The second-order valence-corrected chi connectivity index (χ2v) is 1.79. The van der Waals surface area contributed by atoms with Gasteiger partial charge in [0.15, 0.2) is 0 Å². The fraction of sp³-hybridized carbons (Fsp3) is 0. The van der Waals surface area contributed by atoms with Gasteiger partial charge in [-0.05, 0) is 36.7 Å². The third-order valence-electron chi connectivity index (χ3n) is 1.06. The van der Waals surface area contributed by atoms with Gasteiger partial charge in [-0.25, -0.2) is 4.99 Å². The fourth-order valence-electron chi connectivity index (χ4n) is 0.618. The Hall–Kier alpha value is -1.53. The minimum absolute atomic E-state index is 0.239. The third-order valence-corrected chi connectivity index (χ3v) is 1.06. The quantitative estimate of drug-likeness (QED) is 0.583. The molecular formula is C8H7NO. The van der Waals surface area contributed by atoms with Crippen LogP contribution in [-0.2, 0) is 0 Å². The average Bonchev–Trinajstić information content (AvgIpc) is 1.95. The first-order valence-corrected chi connectivity index (χ1v) is 2.85. The highest BCUT2D eigenvalue weighted by molar-refractivity contribution is 5.55. The average molecular weight is 133 g/mol. The van der Waals surface area contributed by atoms with E-state index < -0.39 is 0 Å². The van der Waals surface area contributed by atoms with Crippen molar-refractivity contribution in [3.8, 4) is 5.75 Å². The predicted molar refractivity (Wildman–Crippen MR) is 40.8 cm³/mol. The maximum absolute atomic E-state index is 8.85. The van der Waals surface area contributed by atoms with Crippen LogP contribution in [0.25, 0.3) is 0 Å². The molecule has 0 aliphatic heterocycles. The molecule has 0 aliphatic carbocycles. The Bertz CT molecular complexity index is 257. The van der Waals surface area contributed by atoms with Gasteiger partial charge in [0.25, 0.3) is 0 Å². The first-order valence-electron chi connectivity index (χ1n) is 2.85. The van der Waals surface area contributed by atoms with Gasteiger partial charge in [-0.1, -0.05) is 0 Å². The van der Waals surface area contributed by atoms with Gasteiger partial charge in [0.1, 0.15) is 5.75 Å². The number of benzene rings is 1. The Kier molecular flexibility index (Phi) is 1.88. The molecule has 0 bridgehead atoms. The number of hydrogen-bond acceptors (Lipinski definition) is 2. The predicted octanol–water partition coefficient (Wildman–Crippen LogP) is 1.88. The van der Waals surface area contributed by atoms with Crippen molar-refractivity contribution in [1.29, 1.82) is 0 Å². The lowest BCUT2D eigenvalue weighted by Crippen LogP contribution is -1.62. The van der Waals surface area contributed by atoms with E-state index in [1.54, 1.807) is 24.3 Å². The maximum atomic E-state index is 8.85. The van der Waals surface area contributed by atoms with Gasteiger partial charge < -0.3 is 5.11 Å². The minimum Gasteiger partial charge on any atom is -0.508 e. The van der Waals surface area contributed by atoms with Crippen molar-refractivity contribution in [3.05, 3.63) is 30.8 Å². The summed E-state index contributed by atoms with van der Waals surface area (Å²) in [6.07, 6.45) is 0. The van der Waals surface area contributed by atoms with Gasteiger partial charge in [0, 0.05) is 0 Å². The number of aromatic hydroxyl groups is 1. The first-order chi connectivity index (χ1) is 4.83. The van der Waals surface area contributed by atoms with Crippen LogP contribution in [0.5, 0.6) is 5.75 Å². The molecule has 1 aromatic carbocycles. The highest BCUT2D eigenvalue weighted by Gasteiger charge is 1.86. The van der Waals surface area contributed by atoms with Crippen LogP contribution in [-0.4, -0.2) is 11.0 Å². The van der Waals surface area contributed by atoms with Crippen LogP contribution in [0.3, 0.4) is 0 Å². The Morgan fingerprint density at radius 3 is 2.40 bits per heavy atom. The van der Waals surface area contributed by atoms with E-state index in [2.05, 4.69) is 17.4 Å². The summed E-state index contributed by atoms with van der Waals surface area (Å²) in [5.41, 5.74) is 0.743. The van der Waals surface area contributed by atoms with Crippen LogP contribution < -0.4 is 0 Å². The monoisotopic (exact) mass is 133 g/mol. The van der Waals surface area contributed by atoms with Crippen LogP contribution in [0.15, 0.2) is 35.8 Å². The normalized spacial score (nSPS) is 8.40. The number of hydrogen-bond donors (Lipinski definition) is 1. The summed E-state index contributed by atoms with van der Waals surface area (Å²) < 4.78 is 0. The lowest BCUT2D eigenvalue weighted by atomic mass is 10.3. The molecule has 0 aromatic heterocycles. The Balaban J connectivity index is 3.00. The van der Waals surface area contributed by atoms with Gasteiger partial charge in [-0.15, -0.1) is 0 Å². The topological polar surface area (TPSA) is 32.6 Å². The zero-order chi connectivity index (χ0) is 7.40. The van der Waals surface area contributed by atoms with Crippen molar-refractivity contribution >= 4 is 11.6 Å². The second-order valence-electron chi connectivity index (χ2n) is 1.79. The van der Waals surface area contributed by atoms with Gasteiger partial charge in [-0.3, -0.25) is 0 Å². The van der Waals surface area contributed by atoms with Gasteiger partial charge in [0.2, 0.25) is 0 Å². The summed E-state index contributed by atoms with van der Waals surface area (Å²) in [5, 5.41) is 8.85. The fourth-order valence-corrected chi connectivity index (χ4v) is 0.618. The highest BCUT2D eigenvalue weighted by Crippen LogP contribution is 2.15. The molecule has 0 spiro atoms. The molecule has 0 saturated carbocycles. The van der Waals surface area contributed by atoms with E-state index >= 15 is 0 Å². The summed E-state index contributed by atoms with van der Waals surface area (Å²) >= 11 is 0. The molecule has 0 fully saturated rings. The second kappa shape index (κ2) is 2.85. The van der Waals surface area contributed by atoms with Crippen molar-refractivity contribution < 1.29 is 5.11 Å². The van der Waals surface area contributed by atoms with E-state index in [-0.39, 0.29) is 5.75 Å². The molecule has 0 aliphatic rings. The van der Waals surface area contributed by atoms with Crippen molar-refractivity contribution in [1.82, 2.24) is 0 Å². The number of phenolic OH excluding ortho intramolecular Hbond substituents is 1. The molecular weight excluding hydrogens is 126 g/mol. The molecule has 1 aromatic rings. The van der Waals surface area contributed by atoms with Crippen LogP contribution in [0.2, 0.25) is 0 Å². The van der Waals surface area contributed by atoms with Crippen molar-refractivity contribution in [2.24, 2.45) is 4.99 Å². The molecule has 10 heavy (non-hydrogen) atoms. The van der Waals surface area contributed by atoms with Crippen LogP contribution in [0, 0.1) is 0 Å². The zero-order valence-electron chi connectivity index (χ0n) is 5.41. The lowest BCUT2D eigenvalue weighted by molar-refractivity contribution is 0.475. The molecule has 0 radical (unpaired) electrons. The number of aliphatic imine (C=N–C) groups is 1. The van der Waals surface area contributed by atoms with Gasteiger partial charge in [-0.2, -0.15) is 0 Å². The number of phenols is 1. The summed E-state index contributed by atoms with van der Waals surface area (Å²) in [6.45, 7) is 3.32. The van der Waals surface area contributed by atoms with E-state index in [9.17, 15) is 0 Å². The van der Waals surface area contributed by atoms with Crippen LogP contribution in [0.1, 0.15) is 0 Å². The van der Waals surface area contributed by atoms with E-state index in [0.29, 0.717) is 0 Å². The highest BCUT2D eigenvalue weighted by atomic mass is 16.3. The van der Waals surface area contributed by atoms with E-state index in [4.69, 9.17) is 5.11 Å². The SMILES string of the molecule is C=C=Nc1ccc(O)cc1. The van der Waals surface area contributed by atoms with E-state index in [1.165, 1.54) is 0 Å². The molecule has 0 saturated heterocycles. The molecule has 2 nitrogen and oxygen atoms in total. The molecule has 1 N–H and O–H groups in total. The van der Waals surface area contributed by atoms with Crippen LogP contribution >= 0.6 is 0 Å². The molecule has 2 heteroatoms. The molecule has 1 rings (SSSR count). The Labute approximate surface area is 59.2 Å². The molecule has 0 atom stereocenters. The van der Waals surface area contributed by atoms with E-state index in [0.717, 1.165) is 5.69 Å². The smallest absolute Gasteiger partial charge is 0.115 e. The minimum atomic E-state index is 0.239. The van der Waals surface area contributed by atoms with Crippen molar-refractivity contribution in [3.63, 3.8) is 0 Å². The van der Waals surface area contributed by atoms with Crippen molar-refractivity contribution in [2.45, 2.75) is 0 Å². The summed E-state index contributed by atoms with van der Waals surface area (Å²) in [5.74, 6) is 2.64. The number of rotatable bonds is 1. The third kappa shape index (κ3) is 1.47. The Morgan fingerprint density at radius 1 is 1.30 bits per heavy atom. The van der Waals surface area contributed by atoms with Gasteiger partial charge in [0.05, 0.1) is 5.69 Å². The van der Waals surface area contributed by atoms with Gasteiger partial charge >= 0.3 is 0 Å². The molecule has 0 unspecified atom stereocenters. The summed E-state index contributed by atoms with van der Waals surface area (Å²) in [4.78, 5) is 3.78. The van der Waals surface area contributed by atoms with E-state index in [1.807, 2.05) is 0 Å². The molecule has 0 heterocycles.